The quantitative estimate of drug-likeness (QED) is 0.827. The first-order valence-electron chi connectivity index (χ1n) is 6.96. The van der Waals surface area contributed by atoms with Crippen LogP contribution in [0.25, 0.3) is 11.2 Å². The van der Waals surface area contributed by atoms with Crippen LogP contribution in [0.2, 0.25) is 0 Å². The molecule has 0 saturated heterocycles. The lowest BCUT2D eigenvalue weighted by atomic mass is 10.2. The molecule has 21 heavy (non-hydrogen) atoms. The van der Waals surface area contributed by atoms with Crippen molar-refractivity contribution >= 4 is 17.1 Å². The first-order chi connectivity index (χ1) is 10.0. The Balaban J connectivity index is 1.95. The summed E-state index contributed by atoms with van der Waals surface area (Å²) >= 11 is 0. The van der Waals surface area contributed by atoms with Gasteiger partial charge in [-0.25, -0.2) is 4.79 Å². The molecule has 1 aliphatic carbocycles. The van der Waals surface area contributed by atoms with Crippen molar-refractivity contribution in [3.05, 3.63) is 20.8 Å². The second-order valence-corrected chi connectivity index (χ2v) is 5.50. The lowest BCUT2D eigenvalue weighted by Crippen LogP contribution is -2.36. The maximum absolute atomic E-state index is 12.1. The molecule has 0 bridgehead atoms. The number of H-pyrrole nitrogens is 1. The lowest BCUT2D eigenvalue weighted by Gasteiger charge is -2.11. The van der Waals surface area contributed by atoms with Gasteiger partial charge in [-0.3, -0.25) is 13.9 Å². The van der Waals surface area contributed by atoms with E-state index in [4.69, 9.17) is 4.74 Å². The van der Waals surface area contributed by atoms with Crippen LogP contribution in [0, 0.1) is 0 Å². The van der Waals surface area contributed by atoms with E-state index in [1.807, 2.05) is 0 Å². The maximum Gasteiger partial charge on any atom is 0.332 e. The highest BCUT2D eigenvalue weighted by molar-refractivity contribution is 5.72. The molecule has 2 heterocycles. The average molecular weight is 293 g/mol. The molecule has 2 aromatic heterocycles. The second-order valence-electron chi connectivity index (χ2n) is 5.50. The molecule has 0 spiro atoms. The zero-order valence-electron chi connectivity index (χ0n) is 12.3. The number of hydrogen-bond donors (Lipinski definition) is 2. The minimum Gasteiger partial charge on any atom is -0.381 e. The number of methoxy groups -OCH3 is 1. The van der Waals surface area contributed by atoms with Crippen LogP contribution in [0.15, 0.2) is 9.59 Å². The van der Waals surface area contributed by atoms with Crippen LogP contribution in [-0.2, 0) is 18.8 Å². The molecule has 0 radical (unpaired) electrons. The summed E-state index contributed by atoms with van der Waals surface area (Å²) in [5.74, 6) is 0.519. The minimum atomic E-state index is -0.383. The Hall–Kier alpha value is -2.09. The Kier molecular flexibility index (Phi) is 3.32. The van der Waals surface area contributed by atoms with E-state index in [-0.39, 0.29) is 23.4 Å². The summed E-state index contributed by atoms with van der Waals surface area (Å²) in [6.07, 6.45) is 3.18. The molecular weight excluding hydrogens is 274 g/mol. The molecule has 8 nitrogen and oxygen atoms in total. The van der Waals surface area contributed by atoms with E-state index < -0.39 is 0 Å². The molecule has 3 rings (SSSR count). The standard InChI is InChI=1S/C13H19N5O3/c1-17-10-9(11(19)18(2)13(17)20)15-12(16-10)14-7-4-5-8(6-7)21-3/h7-8H,4-6H2,1-3H3,(H2,14,15,16). The van der Waals surface area contributed by atoms with E-state index in [1.54, 1.807) is 14.2 Å². The predicted molar refractivity (Wildman–Crippen MR) is 78.6 cm³/mol. The zero-order chi connectivity index (χ0) is 15.1. The molecule has 1 saturated carbocycles. The fourth-order valence-corrected chi connectivity index (χ4v) is 2.87. The molecular formula is C13H19N5O3. The minimum absolute atomic E-state index is 0.261. The normalized spacial score (nSPS) is 22.0. The summed E-state index contributed by atoms with van der Waals surface area (Å²) in [6.45, 7) is 0. The van der Waals surface area contributed by atoms with Crippen molar-refractivity contribution in [3.63, 3.8) is 0 Å². The highest BCUT2D eigenvalue weighted by Crippen LogP contribution is 2.24. The van der Waals surface area contributed by atoms with Crippen molar-refractivity contribution in [2.75, 3.05) is 12.4 Å². The number of imidazole rings is 1. The summed E-state index contributed by atoms with van der Waals surface area (Å²) in [4.78, 5) is 31.3. The van der Waals surface area contributed by atoms with Gasteiger partial charge < -0.3 is 15.0 Å². The summed E-state index contributed by atoms with van der Waals surface area (Å²) in [7, 11) is 4.77. The van der Waals surface area contributed by atoms with Gasteiger partial charge >= 0.3 is 5.69 Å². The Morgan fingerprint density at radius 2 is 2.05 bits per heavy atom. The number of aromatic amines is 1. The summed E-state index contributed by atoms with van der Waals surface area (Å²) in [5.41, 5.74) is -0.0454. The number of hydrogen-bond acceptors (Lipinski definition) is 5. The molecule has 2 atom stereocenters. The number of fused-ring (bicyclic) bond motifs is 1. The van der Waals surface area contributed by atoms with Gasteiger partial charge in [-0.1, -0.05) is 0 Å². The number of nitrogens with one attached hydrogen (secondary N) is 2. The van der Waals surface area contributed by atoms with Gasteiger partial charge in [0.2, 0.25) is 5.95 Å². The van der Waals surface area contributed by atoms with Crippen LogP contribution in [0.4, 0.5) is 5.95 Å². The largest absolute Gasteiger partial charge is 0.381 e. The van der Waals surface area contributed by atoms with Gasteiger partial charge in [0.05, 0.1) is 6.10 Å². The van der Waals surface area contributed by atoms with Crippen LogP contribution in [0.1, 0.15) is 19.3 Å². The monoisotopic (exact) mass is 293 g/mol. The van der Waals surface area contributed by atoms with Crippen molar-refractivity contribution in [2.45, 2.75) is 31.4 Å². The number of anilines is 1. The van der Waals surface area contributed by atoms with Crippen LogP contribution in [0.3, 0.4) is 0 Å². The first-order valence-corrected chi connectivity index (χ1v) is 6.96. The third kappa shape index (κ3) is 2.25. The SMILES string of the molecule is COC1CCC(Nc2nc3c([nH]2)c(=O)n(C)c(=O)n3C)C1. The molecule has 1 fully saturated rings. The third-order valence-electron chi connectivity index (χ3n) is 4.15. The Bertz CT molecular complexity index is 787. The maximum atomic E-state index is 12.1. The van der Waals surface area contributed by atoms with Gasteiger partial charge in [0, 0.05) is 27.2 Å². The summed E-state index contributed by atoms with van der Waals surface area (Å²) < 4.78 is 7.77. The Labute approximate surface area is 120 Å². The number of ether oxygens (including phenoxy) is 1. The van der Waals surface area contributed by atoms with Gasteiger partial charge in [-0.05, 0) is 19.3 Å². The first kappa shape index (κ1) is 13.9. The number of aryl methyl sites for hydroxylation is 1. The molecule has 0 aliphatic heterocycles. The van der Waals surface area contributed by atoms with Gasteiger partial charge in [0.1, 0.15) is 0 Å². The number of nitrogens with zero attached hydrogens (tertiary/aromatic N) is 3. The molecule has 2 unspecified atom stereocenters. The molecule has 2 aromatic rings. The van der Waals surface area contributed by atoms with Crippen molar-refractivity contribution in [2.24, 2.45) is 14.1 Å². The molecule has 1 aliphatic rings. The van der Waals surface area contributed by atoms with Crippen molar-refractivity contribution < 1.29 is 4.74 Å². The molecule has 2 N–H and O–H groups in total. The van der Waals surface area contributed by atoms with Gasteiger partial charge in [0.25, 0.3) is 5.56 Å². The fourth-order valence-electron chi connectivity index (χ4n) is 2.87. The highest BCUT2D eigenvalue weighted by Gasteiger charge is 2.25. The Morgan fingerprint density at radius 1 is 1.29 bits per heavy atom. The zero-order valence-corrected chi connectivity index (χ0v) is 12.3. The topological polar surface area (TPSA) is 93.9 Å². The average Bonchev–Trinajstić information content (AvgIpc) is 3.10. The molecule has 114 valence electrons. The lowest BCUT2D eigenvalue weighted by molar-refractivity contribution is 0.108. The van der Waals surface area contributed by atoms with Crippen LogP contribution >= 0.6 is 0 Å². The fraction of sp³-hybridized carbons (Fsp3) is 0.615. The van der Waals surface area contributed by atoms with Gasteiger partial charge in [0.15, 0.2) is 11.2 Å². The van der Waals surface area contributed by atoms with E-state index in [2.05, 4.69) is 15.3 Å². The van der Waals surface area contributed by atoms with E-state index >= 15 is 0 Å². The number of rotatable bonds is 3. The summed E-state index contributed by atoms with van der Waals surface area (Å²) in [5, 5.41) is 3.28. The second kappa shape index (κ2) is 5.03. The van der Waals surface area contributed by atoms with Crippen molar-refractivity contribution in [3.8, 4) is 0 Å². The van der Waals surface area contributed by atoms with Crippen LogP contribution in [-0.4, -0.2) is 38.4 Å². The van der Waals surface area contributed by atoms with Crippen molar-refractivity contribution in [1.29, 1.82) is 0 Å². The predicted octanol–water partition coefficient (Wildman–Crippen LogP) is -0.0603. The summed E-state index contributed by atoms with van der Waals surface area (Å²) in [6, 6.07) is 0.261. The van der Waals surface area contributed by atoms with E-state index in [1.165, 1.54) is 11.6 Å². The molecule has 8 heteroatoms. The van der Waals surface area contributed by atoms with Crippen LogP contribution in [0.5, 0.6) is 0 Å². The Morgan fingerprint density at radius 3 is 2.71 bits per heavy atom. The molecule has 0 aromatic carbocycles. The number of aromatic nitrogens is 4. The van der Waals surface area contributed by atoms with E-state index in [0.29, 0.717) is 17.1 Å². The van der Waals surface area contributed by atoms with Crippen molar-refractivity contribution in [1.82, 2.24) is 19.1 Å². The van der Waals surface area contributed by atoms with E-state index in [0.717, 1.165) is 23.8 Å². The smallest absolute Gasteiger partial charge is 0.332 e. The molecule has 0 amide bonds. The third-order valence-corrected chi connectivity index (χ3v) is 4.15. The van der Waals surface area contributed by atoms with E-state index in [9.17, 15) is 9.59 Å². The van der Waals surface area contributed by atoms with Gasteiger partial charge in [-0.2, -0.15) is 4.98 Å². The van der Waals surface area contributed by atoms with Crippen LogP contribution < -0.4 is 16.6 Å². The highest BCUT2D eigenvalue weighted by atomic mass is 16.5. The van der Waals surface area contributed by atoms with Gasteiger partial charge in [-0.15, -0.1) is 0 Å².